The minimum Gasteiger partial charge on any atom is -0.348 e. The Morgan fingerprint density at radius 1 is 0.903 bits per heavy atom. The van der Waals surface area contributed by atoms with E-state index in [1.807, 2.05) is 4.72 Å². The van der Waals surface area contributed by atoms with Gasteiger partial charge in [-0.2, -0.15) is 0 Å². The fourth-order valence-corrected chi connectivity index (χ4v) is 4.24. The van der Waals surface area contributed by atoms with Crippen molar-refractivity contribution < 1.29 is 30.8 Å². The van der Waals surface area contributed by atoms with E-state index in [4.69, 9.17) is 0 Å². The number of rotatable bonds is 6. The largest absolute Gasteiger partial charge is 0.348 e. The van der Waals surface area contributed by atoms with Crippen molar-refractivity contribution in [1.29, 1.82) is 0 Å². The lowest BCUT2D eigenvalue weighted by Crippen LogP contribution is -2.25. The third kappa shape index (κ3) is 5.23. The van der Waals surface area contributed by atoms with Gasteiger partial charge in [-0.15, -0.1) is 0 Å². The standard InChI is InChI=1S/C20H13BrF4N2O3S/c21-12-5-7-14(20(28)26-10-11-4-6-13(22)9-17(11)25)18(8-12)27-31(29,30)19-15(23)2-1-3-16(19)24/h1-9,27H,10H2,(H,26,28). The SMILES string of the molecule is O=C(NCc1ccc(F)cc1F)c1ccc(Br)cc1NS(=O)(=O)c1c(F)cccc1F. The number of hydrogen-bond acceptors (Lipinski definition) is 3. The Labute approximate surface area is 183 Å². The summed E-state index contributed by atoms with van der Waals surface area (Å²) in [7, 11) is -4.73. The summed E-state index contributed by atoms with van der Waals surface area (Å²) in [5.74, 6) is -5.06. The molecule has 0 aliphatic rings. The fraction of sp³-hybridized carbons (Fsp3) is 0.0500. The van der Waals surface area contributed by atoms with Gasteiger partial charge in [-0.3, -0.25) is 9.52 Å². The topological polar surface area (TPSA) is 75.3 Å². The van der Waals surface area contributed by atoms with Gasteiger partial charge in [0.2, 0.25) is 0 Å². The first-order valence-corrected chi connectivity index (χ1v) is 10.8. The summed E-state index contributed by atoms with van der Waals surface area (Å²) in [6.45, 7) is -0.310. The molecule has 0 radical (unpaired) electrons. The van der Waals surface area contributed by atoms with Crippen LogP contribution in [0.5, 0.6) is 0 Å². The molecule has 0 saturated carbocycles. The van der Waals surface area contributed by atoms with Gasteiger partial charge < -0.3 is 5.32 Å². The van der Waals surface area contributed by atoms with Crippen molar-refractivity contribution in [3.63, 3.8) is 0 Å². The molecule has 5 nitrogen and oxygen atoms in total. The van der Waals surface area contributed by atoms with Crippen LogP contribution in [0.1, 0.15) is 15.9 Å². The van der Waals surface area contributed by atoms with Crippen LogP contribution in [0.3, 0.4) is 0 Å². The van der Waals surface area contributed by atoms with E-state index in [1.165, 1.54) is 18.2 Å². The fourth-order valence-electron chi connectivity index (χ4n) is 2.67. The van der Waals surface area contributed by atoms with E-state index in [0.717, 1.165) is 30.3 Å². The highest BCUT2D eigenvalue weighted by molar-refractivity contribution is 9.10. The summed E-state index contributed by atoms with van der Waals surface area (Å²) in [5.41, 5.74) is -0.456. The number of carbonyl (C=O) groups is 1. The smallest absolute Gasteiger partial charge is 0.267 e. The van der Waals surface area contributed by atoms with Crippen molar-refractivity contribution in [1.82, 2.24) is 5.32 Å². The number of halogens is 5. The van der Waals surface area contributed by atoms with Crippen LogP contribution in [0.25, 0.3) is 0 Å². The van der Waals surface area contributed by atoms with Gasteiger partial charge in [0.05, 0.1) is 11.3 Å². The first-order valence-electron chi connectivity index (χ1n) is 8.57. The van der Waals surface area contributed by atoms with Gasteiger partial charge in [-0.05, 0) is 36.4 Å². The zero-order valence-electron chi connectivity index (χ0n) is 15.4. The Bertz CT molecular complexity index is 1250. The van der Waals surface area contributed by atoms with Crippen LogP contribution in [0.15, 0.2) is 64.0 Å². The molecule has 162 valence electrons. The lowest BCUT2D eigenvalue weighted by molar-refractivity contribution is 0.0951. The van der Waals surface area contributed by atoms with Crippen molar-refractivity contribution >= 4 is 37.5 Å². The molecule has 0 fully saturated rings. The Balaban J connectivity index is 1.89. The quantitative estimate of drug-likeness (QED) is 0.465. The third-order valence-corrected chi connectivity index (χ3v) is 6.02. The zero-order chi connectivity index (χ0) is 22.8. The van der Waals surface area contributed by atoms with Crippen LogP contribution >= 0.6 is 15.9 Å². The van der Waals surface area contributed by atoms with Gasteiger partial charge in [0.1, 0.15) is 23.3 Å². The highest BCUT2D eigenvalue weighted by atomic mass is 79.9. The lowest BCUT2D eigenvalue weighted by Gasteiger charge is -2.14. The van der Waals surface area contributed by atoms with Crippen molar-refractivity contribution in [3.05, 3.63) is 93.5 Å². The van der Waals surface area contributed by atoms with Crippen LogP contribution in [0, 0.1) is 23.3 Å². The van der Waals surface area contributed by atoms with Crippen LogP contribution in [0.2, 0.25) is 0 Å². The first kappa shape index (κ1) is 22.8. The van der Waals surface area contributed by atoms with E-state index in [9.17, 15) is 30.8 Å². The number of nitrogens with one attached hydrogen (secondary N) is 2. The van der Waals surface area contributed by atoms with Gasteiger partial charge in [0.15, 0.2) is 4.90 Å². The Kier molecular flexibility index (Phi) is 6.65. The van der Waals surface area contributed by atoms with Crippen LogP contribution in [-0.2, 0) is 16.6 Å². The molecule has 0 aliphatic carbocycles. The van der Waals surface area contributed by atoms with Crippen molar-refractivity contribution in [2.75, 3.05) is 4.72 Å². The molecule has 3 aromatic carbocycles. The average Bonchev–Trinajstić information content (AvgIpc) is 2.66. The second kappa shape index (κ2) is 9.06. The highest BCUT2D eigenvalue weighted by Crippen LogP contribution is 2.27. The number of sulfonamides is 1. The molecule has 11 heteroatoms. The van der Waals surface area contributed by atoms with Gasteiger partial charge in [-0.25, -0.2) is 26.0 Å². The molecule has 3 rings (SSSR count). The molecule has 0 aromatic heterocycles. The van der Waals surface area contributed by atoms with Gasteiger partial charge >= 0.3 is 0 Å². The van der Waals surface area contributed by atoms with Crippen molar-refractivity contribution in [2.45, 2.75) is 11.4 Å². The number of anilines is 1. The monoisotopic (exact) mass is 516 g/mol. The number of benzene rings is 3. The number of amides is 1. The molecule has 3 aromatic rings. The lowest BCUT2D eigenvalue weighted by atomic mass is 10.1. The second-order valence-corrected chi connectivity index (χ2v) is 8.80. The molecule has 1 amide bonds. The molecule has 0 atom stereocenters. The normalized spacial score (nSPS) is 11.3. The maximum atomic E-state index is 14.0. The maximum absolute atomic E-state index is 14.0. The van der Waals surface area contributed by atoms with Crippen molar-refractivity contribution in [3.8, 4) is 0 Å². The van der Waals surface area contributed by atoms with E-state index in [1.54, 1.807) is 0 Å². The molecular weight excluding hydrogens is 504 g/mol. The predicted octanol–water partition coefficient (Wildman–Crippen LogP) is 4.74. The van der Waals surface area contributed by atoms with E-state index in [2.05, 4.69) is 21.2 Å². The van der Waals surface area contributed by atoms with Gasteiger partial charge in [0.25, 0.3) is 15.9 Å². The van der Waals surface area contributed by atoms with E-state index < -0.39 is 44.1 Å². The average molecular weight is 517 g/mol. The molecule has 0 aliphatic heterocycles. The molecule has 0 saturated heterocycles. The third-order valence-electron chi connectivity index (χ3n) is 4.11. The van der Waals surface area contributed by atoms with E-state index >= 15 is 0 Å². The maximum Gasteiger partial charge on any atom is 0.267 e. The summed E-state index contributed by atoms with van der Waals surface area (Å²) in [6, 6.07) is 9.32. The molecule has 31 heavy (non-hydrogen) atoms. The van der Waals surface area contributed by atoms with Gasteiger partial charge in [-0.1, -0.05) is 28.1 Å². The molecule has 0 heterocycles. The minimum absolute atomic E-state index is 0.00224. The summed E-state index contributed by atoms with van der Waals surface area (Å²) in [6.07, 6.45) is 0. The highest BCUT2D eigenvalue weighted by Gasteiger charge is 2.26. The van der Waals surface area contributed by atoms with Crippen LogP contribution < -0.4 is 10.0 Å². The second-order valence-electron chi connectivity index (χ2n) is 6.26. The minimum atomic E-state index is -4.73. The van der Waals surface area contributed by atoms with Crippen molar-refractivity contribution in [2.24, 2.45) is 0 Å². The molecular formula is C20H13BrF4N2O3S. The molecule has 0 unspecified atom stereocenters. The summed E-state index contributed by atoms with van der Waals surface area (Å²) < 4.78 is 82.2. The Morgan fingerprint density at radius 2 is 1.58 bits per heavy atom. The summed E-state index contributed by atoms with van der Waals surface area (Å²) in [5, 5.41) is 2.38. The Hall–Kier alpha value is -2.92. The zero-order valence-corrected chi connectivity index (χ0v) is 17.8. The van der Waals surface area contributed by atoms with Gasteiger partial charge in [0, 0.05) is 22.6 Å². The molecule has 2 N–H and O–H groups in total. The first-order chi connectivity index (χ1) is 14.6. The number of hydrogen-bond donors (Lipinski definition) is 2. The van der Waals surface area contributed by atoms with E-state index in [0.29, 0.717) is 10.5 Å². The molecule has 0 spiro atoms. The predicted molar refractivity (Wildman–Crippen MR) is 109 cm³/mol. The Morgan fingerprint density at radius 3 is 2.23 bits per heavy atom. The summed E-state index contributed by atoms with van der Waals surface area (Å²) >= 11 is 3.13. The van der Waals surface area contributed by atoms with Crippen LogP contribution in [-0.4, -0.2) is 14.3 Å². The molecule has 0 bridgehead atoms. The summed E-state index contributed by atoms with van der Waals surface area (Å²) in [4.78, 5) is 11.4. The van der Waals surface area contributed by atoms with Crippen LogP contribution in [0.4, 0.5) is 23.2 Å². The number of carbonyl (C=O) groups excluding carboxylic acids is 1. The van der Waals surface area contributed by atoms with E-state index in [-0.39, 0.29) is 23.4 Å².